The largest absolute Gasteiger partial charge is 0.286 e. The number of benzene rings is 1. The number of hydrogen-bond acceptors (Lipinski definition) is 2. The van der Waals surface area contributed by atoms with Crippen molar-refractivity contribution in [2.45, 2.75) is 64.7 Å². The van der Waals surface area contributed by atoms with Gasteiger partial charge in [0.15, 0.2) is 0 Å². The van der Waals surface area contributed by atoms with E-state index in [0.717, 1.165) is 28.7 Å². The standard InChI is InChI=1S/C24H27F3N2/c1-5-16-12-20(25)21(23(26)28-16)22-19-11-15-8-6-7-9-17(15)18(19)10-14(2)29(22)13-24(3,4)27/h6-9,12,14,22H,5,10-11,13H2,1-4H3. The van der Waals surface area contributed by atoms with Gasteiger partial charge in [-0.2, -0.15) is 4.39 Å². The summed E-state index contributed by atoms with van der Waals surface area (Å²) in [5.74, 6) is -1.39. The predicted octanol–water partition coefficient (Wildman–Crippen LogP) is 5.82. The predicted molar refractivity (Wildman–Crippen MR) is 109 cm³/mol. The van der Waals surface area contributed by atoms with Gasteiger partial charge in [0.25, 0.3) is 0 Å². The van der Waals surface area contributed by atoms with Gasteiger partial charge in [-0.3, -0.25) is 4.90 Å². The maximum atomic E-state index is 15.2. The maximum Gasteiger partial charge on any atom is 0.221 e. The van der Waals surface area contributed by atoms with E-state index >= 15 is 8.78 Å². The fourth-order valence-electron chi connectivity index (χ4n) is 4.81. The minimum absolute atomic E-state index is 0.0513. The van der Waals surface area contributed by atoms with Gasteiger partial charge >= 0.3 is 0 Å². The zero-order valence-electron chi connectivity index (χ0n) is 17.4. The molecule has 1 aliphatic carbocycles. The third kappa shape index (κ3) is 3.61. The van der Waals surface area contributed by atoms with Gasteiger partial charge in [-0.1, -0.05) is 31.2 Å². The van der Waals surface area contributed by atoms with Gasteiger partial charge in [0.05, 0.1) is 11.6 Å². The molecule has 2 heterocycles. The lowest BCUT2D eigenvalue weighted by atomic mass is 9.84. The molecule has 0 radical (unpaired) electrons. The number of hydrogen-bond donors (Lipinski definition) is 0. The molecule has 1 aromatic heterocycles. The molecule has 1 aliphatic heterocycles. The van der Waals surface area contributed by atoms with Crippen LogP contribution >= 0.6 is 0 Å². The molecular weight excluding hydrogens is 373 g/mol. The number of pyridine rings is 1. The normalized spacial score (nSPS) is 22.0. The molecule has 154 valence electrons. The van der Waals surface area contributed by atoms with Crippen molar-refractivity contribution in [3.8, 4) is 0 Å². The molecule has 2 atom stereocenters. The van der Waals surface area contributed by atoms with Crippen molar-refractivity contribution < 1.29 is 13.2 Å². The van der Waals surface area contributed by atoms with E-state index in [1.54, 1.807) is 0 Å². The number of aromatic nitrogens is 1. The van der Waals surface area contributed by atoms with E-state index < -0.39 is 23.5 Å². The molecule has 4 rings (SSSR count). The zero-order chi connectivity index (χ0) is 20.9. The number of halogens is 3. The number of alkyl halides is 1. The Morgan fingerprint density at radius 1 is 1.21 bits per heavy atom. The van der Waals surface area contributed by atoms with Gasteiger partial charge in [-0.15, -0.1) is 0 Å². The van der Waals surface area contributed by atoms with Crippen LogP contribution in [0.3, 0.4) is 0 Å². The van der Waals surface area contributed by atoms with Crippen LogP contribution in [-0.2, 0) is 12.8 Å². The second kappa shape index (κ2) is 7.28. The Hall–Kier alpha value is -2.14. The molecule has 5 heteroatoms. The van der Waals surface area contributed by atoms with E-state index in [4.69, 9.17) is 0 Å². The molecule has 0 saturated carbocycles. The molecule has 1 aromatic carbocycles. The molecule has 0 fully saturated rings. The lowest BCUT2D eigenvalue weighted by Crippen LogP contribution is -2.47. The van der Waals surface area contributed by atoms with Gasteiger partial charge in [0.1, 0.15) is 11.5 Å². The summed E-state index contributed by atoms with van der Waals surface area (Å²) in [6, 6.07) is 8.71. The van der Waals surface area contributed by atoms with Crippen molar-refractivity contribution in [2.75, 3.05) is 6.54 Å². The van der Waals surface area contributed by atoms with Crippen molar-refractivity contribution in [3.05, 3.63) is 70.1 Å². The first kappa shape index (κ1) is 20.1. The van der Waals surface area contributed by atoms with Gasteiger partial charge < -0.3 is 0 Å². The molecule has 29 heavy (non-hydrogen) atoms. The number of aryl methyl sites for hydroxylation is 1. The van der Waals surface area contributed by atoms with Gasteiger partial charge in [0, 0.05) is 18.3 Å². The van der Waals surface area contributed by atoms with Gasteiger partial charge in [-0.05, 0) is 68.4 Å². The Labute approximate surface area is 170 Å². The smallest absolute Gasteiger partial charge is 0.221 e. The summed E-state index contributed by atoms with van der Waals surface area (Å²) >= 11 is 0. The quantitative estimate of drug-likeness (QED) is 0.602. The SMILES string of the molecule is CCc1cc(F)c(C2C3=C(CC(C)N2CC(C)(C)F)c2ccccc2C3)c(F)n1. The third-order valence-electron chi connectivity index (χ3n) is 6.05. The number of nitrogens with zero attached hydrogens (tertiary/aromatic N) is 2. The average molecular weight is 400 g/mol. The fourth-order valence-corrected chi connectivity index (χ4v) is 4.81. The molecule has 0 saturated heterocycles. The van der Waals surface area contributed by atoms with Gasteiger partial charge in [-0.25, -0.2) is 13.8 Å². The zero-order valence-corrected chi connectivity index (χ0v) is 17.4. The van der Waals surface area contributed by atoms with Crippen LogP contribution in [0.5, 0.6) is 0 Å². The van der Waals surface area contributed by atoms with Crippen LogP contribution < -0.4 is 0 Å². The second-order valence-corrected chi connectivity index (χ2v) is 8.84. The first-order chi connectivity index (χ1) is 13.7. The second-order valence-electron chi connectivity index (χ2n) is 8.84. The van der Waals surface area contributed by atoms with Crippen LogP contribution in [0.25, 0.3) is 5.57 Å². The van der Waals surface area contributed by atoms with E-state index in [9.17, 15) is 4.39 Å². The molecule has 2 unspecified atom stereocenters. The summed E-state index contributed by atoms with van der Waals surface area (Å²) in [4.78, 5) is 5.91. The average Bonchev–Trinajstić information content (AvgIpc) is 3.00. The Morgan fingerprint density at radius 2 is 1.93 bits per heavy atom. The first-order valence-electron chi connectivity index (χ1n) is 10.3. The summed E-state index contributed by atoms with van der Waals surface area (Å²) in [6.45, 7) is 6.94. The van der Waals surface area contributed by atoms with E-state index in [1.165, 1.54) is 19.9 Å². The topological polar surface area (TPSA) is 16.1 Å². The van der Waals surface area contributed by atoms with Crippen molar-refractivity contribution in [1.29, 1.82) is 0 Å². The van der Waals surface area contributed by atoms with E-state index in [-0.39, 0.29) is 18.2 Å². The van der Waals surface area contributed by atoms with Crippen LogP contribution in [0.15, 0.2) is 35.9 Å². The van der Waals surface area contributed by atoms with Crippen LogP contribution in [0, 0.1) is 11.8 Å². The van der Waals surface area contributed by atoms with Crippen LogP contribution in [-0.4, -0.2) is 28.1 Å². The molecule has 0 bridgehead atoms. The lowest BCUT2D eigenvalue weighted by molar-refractivity contribution is 0.0673. The van der Waals surface area contributed by atoms with Crippen LogP contribution in [0.4, 0.5) is 13.2 Å². The minimum atomic E-state index is -1.49. The van der Waals surface area contributed by atoms with Gasteiger partial charge in [0.2, 0.25) is 5.95 Å². The third-order valence-corrected chi connectivity index (χ3v) is 6.05. The first-order valence-corrected chi connectivity index (χ1v) is 10.3. The minimum Gasteiger partial charge on any atom is -0.286 e. The number of rotatable bonds is 4. The summed E-state index contributed by atoms with van der Waals surface area (Å²) in [5, 5.41) is 0. The highest BCUT2D eigenvalue weighted by molar-refractivity contribution is 5.79. The highest BCUT2D eigenvalue weighted by atomic mass is 19.1. The van der Waals surface area contributed by atoms with E-state index in [0.29, 0.717) is 18.5 Å². The highest BCUT2D eigenvalue weighted by Crippen LogP contribution is 2.49. The lowest BCUT2D eigenvalue weighted by Gasteiger charge is -2.44. The van der Waals surface area contributed by atoms with Crippen molar-refractivity contribution in [3.63, 3.8) is 0 Å². The Kier molecular flexibility index (Phi) is 5.06. The van der Waals surface area contributed by atoms with Crippen LogP contribution in [0.1, 0.15) is 62.5 Å². The Bertz CT molecular complexity index is 951. The van der Waals surface area contributed by atoms with Crippen molar-refractivity contribution in [1.82, 2.24) is 9.88 Å². The Balaban J connectivity index is 1.90. The summed E-state index contributed by atoms with van der Waals surface area (Å²) < 4.78 is 45.0. The van der Waals surface area contributed by atoms with E-state index in [1.807, 2.05) is 30.9 Å². The monoisotopic (exact) mass is 400 g/mol. The highest BCUT2D eigenvalue weighted by Gasteiger charge is 2.43. The van der Waals surface area contributed by atoms with Crippen molar-refractivity contribution >= 4 is 5.57 Å². The number of fused-ring (bicyclic) bond motifs is 2. The summed E-state index contributed by atoms with van der Waals surface area (Å²) in [7, 11) is 0. The molecule has 2 nitrogen and oxygen atoms in total. The molecule has 0 spiro atoms. The summed E-state index contributed by atoms with van der Waals surface area (Å²) in [5.41, 5.74) is 3.27. The van der Waals surface area contributed by atoms with Crippen LogP contribution in [0.2, 0.25) is 0 Å². The molecule has 0 amide bonds. The molecular formula is C24H27F3N2. The van der Waals surface area contributed by atoms with Crippen molar-refractivity contribution in [2.24, 2.45) is 0 Å². The fraction of sp³-hybridized carbons (Fsp3) is 0.458. The maximum absolute atomic E-state index is 15.2. The molecule has 0 N–H and O–H groups in total. The Morgan fingerprint density at radius 3 is 2.59 bits per heavy atom. The van der Waals surface area contributed by atoms with E-state index in [2.05, 4.69) is 17.1 Å². The molecule has 2 aromatic rings. The summed E-state index contributed by atoms with van der Waals surface area (Å²) in [6.07, 6.45) is 1.82. The molecule has 2 aliphatic rings.